The van der Waals surface area contributed by atoms with Crippen LogP contribution in [0.2, 0.25) is 0 Å². The Bertz CT molecular complexity index is 555. The summed E-state index contributed by atoms with van der Waals surface area (Å²) in [5.74, 6) is 0.894. The number of para-hydroxylation sites is 1. The number of thiocarbonyl (C=S) groups is 1. The molecule has 0 aromatic heterocycles. The molecule has 0 amide bonds. The van der Waals surface area contributed by atoms with Gasteiger partial charge in [-0.1, -0.05) is 30.3 Å². The topological polar surface area (TPSA) is 33.3 Å². The van der Waals surface area contributed by atoms with Crippen LogP contribution in [0.5, 0.6) is 5.75 Å². The Kier molecular flexibility index (Phi) is 6.03. The summed E-state index contributed by atoms with van der Waals surface area (Å²) in [7, 11) is 1.68. The molecule has 0 unspecified atom stereocenters. The van der Waals surface area contributed by atoms with Crippen molar-refractivity contribution in [3.63, 3.8) is 0 Å². The van der Waals surface area contributed by atoms with Crippen molar-refractivity contribution in [3.05, 3.63) is 60.2 Å². The first kappa shape index (κ1) is 15.3. The summed E-state index contributed by atoms with van der Waals surface area (Å²) in [4.78, 5) is 0. The van der Waals surface area contributed by atoms with Gasteiger partial charge in [0.15, 0.2) is 5.11 Å². The fourth-order valence-electron chi connectivity index (χ4n) is 1.98. The molecule has 0 atom stereocenters. The number of anilines is 1. The molecule has 110 valence electrons. The number of benzene rings is 2. The first-order valence-corrected chi connectivity index (χ1v) is 7.41. The molecule has 0 saturated heterocycles. The van der Waals surface area contributed by atoms with E-state index in [1.807, 2.05) is 42.5 Å². The molecule has 2 N–H and O–H groups in total. The first-order chi connectivity index (χ1) is 10.3. The minimum Gasteiger partial charge on any atom is -0.497 e. The fourth-order valence-corrected chi connectivity index (χ4v) is 2.20. The highest BCUT2D eigenvalue weighted by Crippen LogP contribution is 2.12. The van der Waals surface area contributed by atoms with Crippen LogP contribution in [0, 0.1) is 0 Å². The van der Waals surface area contributed by atoms with Crippen molar-refractivity contribution >= 4 is 23.0 Å². The van der Waals surface area contributed by atoms with Crippen molar-refractivity contribution in [2.45, 2.75) is 12.8 Å². The van der Waals surface area contributed by atoms with Gasteiger partial charge in [0.1, 0.15) is 5.75 Å². The number of methoxy groups -OCH3 is 1. The minimum absolute atomic E-state index is 0.663. The summed E-state index contributed by atoms with van der Waals surface area (Å²) in [5, 5.41) is 7.04. The molecule has 2 rings (SSSR count). The Hall–Kier alpha value is -2.07. The van der Waals surface area contributed by atoms with Crippen LogP contribution in [-0.2, 0) is 6.42 Å². The van der Waals surface area contributed by atoms with Crippen LogP contribution in [0.15, 0.2) is 54.6 Å². The van der Waals surface area contributed by atoms with E-state index in [1.54, 1.807) is 7.11 Å². The lowest BCUT2D eigenvalue weighted by atomic mass is 10.1. The molecule has 0 bridgehead atoms. The molecule has 2 aromatic carbocycles. The number of rotatable bonds is 6. The van der Waals surface area contributed by atoms with Gasteiger partial charge in [0.05, 0.1) is 7.11 Å². The normalized spacial score (nSPS) is 9.95. The maximum absolute atomic E-state index is 5.26. The van der Waals surface area contributed by atoms with Crippen LogP contribution >= 0.6 is 12.2 Å². The van der Waals surface area contributed by atoms with E-state index in [9.17, 15) is 0 Å². The quantitative estimate of drug-likeness (QED) is 0.631. The zero-order chi connectivity index (χ0) is 14.9. The second kappa shape index (κ2) is 8.27. The lowest BCUT2D eigenvalue weighted by molar-refractivity contribution is 0.414. The van der Waals surface area contributed by atoms with E-state index in [1.165, 1.54) is 5.56 Å². The number of nitrogens with one attached hydrogen (secondary N) is 2. The number of aryl methyl sites for hydroxylation is 1. The van der Waals surface area contributed by atoms with E-state index < -0.39 is 0 Å². The van der Waals surface area contributed by atoms with Crippen LogP contribution < -0.4 is 15.4 Å². The summed E-state index contributed by atoms with van der Waals surface area (Å²) in [5.41, 5.74) is 2.31. The Labute approximate surface area is 131 Å². The molecular formula is C17H20N2OS. The van der Waals surface area contributed by atoms with E-state index in [0.29, 0.717) is 5.11 Å². The van der Waals surface area contributed by atoms with Crippen molar-refractivity contribution in [3.8, 4) is 5.75 Å². The lowest BCUT2D eigenvalue weighted by Crippen LogP contribution is -2.29. The molecule has 0 aliphatic heterocycles. The highest BCUT2D eigenvalue weighted by atomic mass is 32.1. The van der Waals surface area contributed by atoms with E-state index in [-0.39, 0.29) is 0 Å². The fraction of sp³-hybridized carbons (Fsp3) is 0.235. The number of ether oxygens (including phenoxy) is 1. The second-order valence-electron chi connectivity index (χ2n) is 4.70. The number of hydrogen-bond donors (Lipinski definition) is 2. The zero-order valence-electron chi connectivity index (χ0n) is 12.1. The van der Waals surface area contributed by atoms with Crippen molar-refractivity contribution in [1.29, 1.82) is 0 Å². The van der Waals surface area contributed by atoms with Gasteiger partial charge in [-0.25, -0.2) is 0 Å². The molecule has 0 aliphatic rings. The first-order valence-electron chi connectivity index (χ1n) is 7.01. The molecule has 0 radical (unpaired) electrons. The second-order valence-corrected chi connectivity index (χ2v) is 5.11. The SMILES string of the molecule is COc1ccc(CCCNC(=S)Nc2ccccc2)cc1. The molecule has 0 fully saturated rings. The van der Waals surface area contributed by atoms with Gasteiger partial charge in [0, 0.05) is 12.2 Å². The summed E-state index contributed by atoms with van der Waals surface area (Å²) < 4.78 is 5.15. The molecule has 2 aromatic rings. The predicted molar refractivity (Wildman–Crippen MR) is 92.0 cm³/mol. The minimum atomic E-state index is 0.663. The standard InChI is InChI=1S/C17H20N2OS/c1-20-16-11-9-14(10-12-16)6-5-13-18-17(21)19-15-7-3-2-4-8-15/h2-4,7-12H,5-6,13H2,1H3,(H2,18,19,21). The van der Waals surface area contributed by atoms with Crippen LogP contribution in [0.1, 0.15) is 12.0 Å². The Morgan fingerprint density at radius 2 is 1.76 bits per heavy atom. The third kappa shape index (κ3) is 5.44. The van der Waals surface area contributed by atoms with Crippen molar-refractivity contribution in [2.24, 2.45) is 0 Å². The molecule has 0 saturated carbocycles. The van der Waals surface area contributed by atoms with Crippen molar-refractivity contribution in [1.82, 2.24) is 5.32 Å². The summed E-state index contributed by atoms with van der Waals surface area (Å²) in [6.07, 6.45) is 2.05. The van der Waals surface area contributed by atoms with Gasteiger partial charge < -0.3 is 15.4 Å². The smallest absolute Gasteiger partial charge is 0.170 e. The Balaban J connectivity index is 1.66. The maximum Gasteiger partial charge on any atom is 0.170 e. The van der Waals surface area contributed by atoms with E-state index in [0.717, 1.165) is 30.8 Å². The van der Waals surface area contributed by atoms with Crippen LogP contribution in [0.4, 0.5) is 5.69 Å². The zero-order valence-corrected chi connectivity index (χ0v) is 13.0. The summed E-state index contributed by atoms with van der Waals surface area (Å²) in [6, 6.07) is 18.1. The van der Waals surface area contributed by atoms with E-state index in [2.05, 4.69) is 22.8 Å². The van der Waals surface area contributed by atoms with Gasteiger partial charge in [0.25, 0.3) is 0 Å². The van der Waals surface area contributed by atoms with Gasteiger partial charge in [-0.3, -0.25) is 0 Å². The van der Waals surface area contributed by atoms with Gasteiger partial charge in [0.2, 0.25) is 0 Å². The molecule has 3 nitrogen and oxygen atoms in total. The highest BCUT2D eigenvalue weighted by molar-refractivity contribution is 7.80. The van der Waals surface area contributed by atoms with Gasteiger partial charge in [-0.2, -0.15) is 0 Å². The largest absolute Gasteiger partial charge is 0.497 e. The average Bonchev–Trinajstić information content (AvgIpc) is 2.53. The van der Waals surface area contributed by atoms with Crippen LogP contribution in [-0.4, -0.2) is 18.8 Å². The average molecular weight is 300 g/mol. The lowest BCUT2D eigenvalue weighted by Gasteiger charge is -2.10. The van der Waals surface area contributed by atoms with E-state index in [4.69, 9.17) is 17.0 Å². The number of hydrogen-bond acceptors (Lipinski definition) is 2. The highest BCUT2D eigenvalue weighted by Gasteiger charge is 1.98. The molecule has 21 heavy (non-hydrogen) atoms. The monoisotopic (exact) mass is 300 g/mol. The summed E-state index contributed by atoms with van der Waals surface area (Å²) in [6.45, 7) is 0.852. The molecule has 0 heterocycles. The third-order valence-electron chi connectivity index (χ3n) is 3.12. The maximum atomic E-state index is 5.26. The molecular weight excluding hydrogens is 280 g/mol. The molecule has 0 aliphatic carbocycles. The Morgan fingerprint density at radius 3 is 2.43 bits per heavy atom. The van der Waals surface area contributed by atoms with Gasteiger partial charge >= 0.3 is 0 Å². The van der Waals surface area contributed by atoms with Crippen molar-refractivity contribution in [2.75, 3.05) is 19.0 Å². The summed E-state index contributed by atoms with van der Waals surface area (Å²) >= 11 is 5.26. The Morgan fingerprint density at radius 1 is 1.05 bits per heavy atom. The molecule has 0 spiro atoms. The van der Waals surface area contributed by atoms with Crippen molar-refractivity contribution < 1.29 is 4.74 Å². The van der Waals surface area contributed by atoms with Crippen LogP contribution in [0.25, 0.3) is 0 Å². The van der Waals surface area contributed by atoms with Gasteiger partial charge in [-0.05, 0) is 54.9 Å². The predicted octanol–water partition coefficient (Wildman–Crippen LogP) is 3.61. The third-order valence-corrected chi connectivity index (χ3v) is 3.36. The van der Waals surface area contributed by atoms with Crippen LogP contribution in [0.3, 0.4) is 0 Å². The molecule has 4 heteroatoms. The van der Waals surface area contributed by atoms with E-state index >= 15 is 0 Å². The van der Waals surface area contributed by atoms with Gasteiger partial charge in [-0.15, -0.1) is 0 Å².